The van der Waals surface area contributed by atoms with Gasteiger partial charge in [0.2, 0.25) is 4.77 Å². The molecule has 0 atom stereocenters. The lowest BCUT2D eigenvalue weighted by Crippen LogP contribution is -2.46. The Morgan fingerprint density at radius 1 is 1.03 bits per heavy atom. The summed E-state index contributed by atoms with van der Waals surface area (Å²) < 4.78 is 47.8. The molecule has 35 heavy (non-hydrogen) atoms. The van der Waals surface area contributed by atoms with E-state index >= 15 is 0 Å². The second-order valence-electron chi connectivity index (χ2n) is 8.10. The van der Waals surface area contributed by atoms with Gasteiger partial charge < -0.3 is 4.74 Å². The van der Waals surface area contributed by atoms with Gasteiger partial charge in [-0.15, -0.1) is 5.10 Å². The predicted octanol–water partition coefficient (Wildman–Crippen LogP) is 4.75. The number of hydrogen-bond donors (Lipinski definition) is 0. The first-order chi connectivity index (χ1) is 16.7. The van der Waals surface area contributed by atoms with Gasteiger partial charge in [0.1, 0.15) is 5.75 Å². The molecule has 1 aromatic heterocycles. The lowest BCUT2D eigenvalue weighted by atomic mass is 10.2. The fourth-order valence-corrected chi connectivity index (χ4v) is 4.07. The van der Waals surface area contributed by atoms with Crippen LogP contribution in [-0.4, -0.2) is 63.8 Å². The molecule has 1 saturated heterocycles. The van der Waals surface area contributed by atoms with Crippen LogP contribution in [0, 0.1) is 4.77 Å². The molecule has 2 aromatic carbocycles. The molecule has 0 spiro atoms. The van der Waals surface area contributed by atoms with Crippen LogP contribution in [0.15, 0.2) is 53.6 Å². The second-order valence-corrected chi connectivity index (χ2v) is 8.90. The molecule has 0 radical (unpaired) electrons. The molecule has 0 amide bonds. The van der Waals surface area contributed by atoms with Gasteiger partial charge in [0.15, 0.2) is 0 Å². The Hall–Kier alpha value is -2.73. The molecular formula is C23H24ClF3N6OS. The molecule has 186 valence electrons. The van der Waals surface area contributed by atoms with Crippen LogP contribution in [0.4, 0.5) is 13.2 Å². The number of aromatic nitrogens is 3. The first kappa shape index (κ1) is 25.4. The summed E-state index contributed by atoms with van der Waals surface area (Å²) in [4.78, 5) is 4.32. The summed E-state index contributed by atoms with van der Waals surface area (Å²) in [5.41, 5.74) is 1.76. The lowest BCUT2D eigenvalue weighted by Gasteiger charge is -2.34. The highest BCUT2D eigenvalue weighted by atomic mass is 35.5. The summed E-state index contributed by atoms with van der Waals surface area (Å²) in [7, 11) is 1.53. The van der Waals surface area contributed by atoms with Crippen molar-refractivity contribution in [1.29, 1.82) is 0 Å². The highest BCUT2D eigenvalue weighted by Gasteiger charge is 2.39. The zero-order chi connectivity index (χ0) is 25.0. The molecular weight excluding hydrogens is 501 g/mol. The highest BCUT2D eigenvalue weighted by Crippen LogP contribution is 2.28. The molecule has 0 aliphatic carbocycles. The van der Waals surface area contributed by atoms with Gasteiger partial charge in [-0.05, 0) is 59.7 Å². The van der Waals surface area contributed by atoms with E-state index in [1.54, 1.807) is 24.3 Å². The van der Waals surface area contributed by atoms with E-state index in [2.05, 4.69) is 15.1 Å². The van der Waals surface area contributed by atoms with Crippen LogP contribution in [0.25, 0.3) is 0 Å². The first-order valence-electron chi connectivity index (χ1n) is 10.9. The van der Waals surface area contributed by atoms with E-state index in [4.69, 9.17) is 28.6 Å². The summed E-state index contributed by atoms with van der Waals surface area (Å²) in [5, 5.41) is 8.44. The van der Waals surface area contributed by atoms with Crippen molar-refractivity contribution in [3.63, 3.8) is 0 Å². The molecule has 0 saturated carbocycles. The third-order valence-corrected chi connectivity index (χ3v) is 6.26. The summed E-state index contributed by atoms with van der Waals surface area (Å²) in [6.45, 7) is 3.85. The van der Waals surface area contributed by atoms with Crippen LogP contribution in [0.2, 0.25) is 5.02 Å². The van der Waals surface area contributed by atoms with Crippen LogP contribution in [0.5, 0.6) is 5.75 Å². The van der Waals surface area contributed by atoms with Gasteiger partial charge in [-0.25, -0.2) is 4.68 Å². The maximum absolute atomic E-state index is 13.7. The van der Waals surface area contributed by atoms with E-state index in [0.717, 1.165) is 25.2 Å². The van der Waals surface area contributed by atoms with Gasteiger partial charge in [-0.2, -0.15) is 22.9 Å². The Balaban J connectivity index is 1.44. The van der Waals surface area contributed by atoms with E-state index in [9.17, 15) is 13.2 Å². The van der Waals surface area contributed by atoms with Crippen molar-refractivity contribution in [2.75, 3.05) is 33.3 Å². The molecule has 0 unspecified atom stereocenters. The molecule has 7 nitrogen and oxygen atoms in total. The van der Waals surface area contributed by atoms with E-state index < -0.39 is 12.0 Å². The average Bonchev–Trinajstić information content (AvgIpc) is 3.16. The van der Waals surface area contributed by atoms with Crippen LogP contribution in [0.3, 0.4) is 0 Å². The quantitative estimate of drug-likeness (QED) is 0.330. The number of nitrogens with zero attached hydrogens (tertiary/aromatic N) is 6. The summed E-state index contributed by atoms with van der Waals surface area (Å²) in [6, 6.07) is 14.5. The zero-order valence-corrected chi connectivity index (χ0v) is 20.5. The zero-order valence-electron chi connectivity index (χ0n) is 19.0. The van der Waals surface area contributed by atoms with Crippen molar-refractivity contribution >= 4 is 30.0 Å². The van der Waals surface area contributed by atoms with Crippen molar-refractivity contribution in [1.82, 2.24) is 24.3 Å². The normalized spacial score (nSPS) is 15.7. The fourth-order valence-electron chi connectivity index (χ4n) is 3.71. The number of piperazine rings is 1. The number of ether oxygens (including phenoxy) is 1. The Morgan fingerprint density at radius 2 is 1.66 bits per heavy atom. The van der Waals surface area contributed by atoms with E-state index in [-0.39, 0.29) is 11.4 Å². The fraction of sp³-hybridized carbons (Fsp3) is 0.348. The Bertz CT molecular complexity index is 1220. The minimum Gasteiger partial charge on any atom is -0.497 e. The second kappa shape index (κ2) is 10.9. The Morgan fingerprint density at radius 3 is 2.26 bits per heavy atom. The molecule has 2 heterocycles. The van der Waals surface area contributed by atoms with Crippen LogP contribution in [0.1, 0.15) is 17.0 Å². The van der Waals surface area contributed by atoms with Crippen LogP contribution < -0.4 is 4.74 Å². The van der Waals surface area contributed by atoms with Crippen molar-refractivity contribution in [3.8, 4) is 5.75 Å². The lowest BCUT2D eigenvalue weighted by molar-refractivity contribution is -0.147. The predicted molar refractivity (Wildman–Crippen MR) is 130 cm³/mol. The SMILES string of the molecule is COc1ccc(/C=N\n2c(C(F)(F)F)nn(CN3CCN(Cc4ccc(Cl)cc4)CC3)c2=S)cc1. The third kappa shape index (κ3) is 6.49. The molecule has 1 aliphatic rings. The van der Waals surface area contributed by atoms with Crippen molar-refractivity contribution in [2.45, 2.75) is 19.4 Å². The van der Waals surface area contributed by atoms with Crippen LogP contribution >= 0.6 is 23.8 Å². The monoisotopic (exact) mass is 524 g/mol. The Kier molecular flexibility index (Phi) is 7.90. The molecule has 1 fully saturated rings. The maximum Gasteiger partial charge on any atom is 0.453 e. The molecule has 4 rings (SSSR count). The van der Waals surface area contributed by atoms with Gasteiger partial charge in [0.25, 0.3) is 5.82 Å². The number of halogens is 4. The molecule has 0 bridgehead atoms. The van der Waals surface area contributed by atoms with E-state index in [0.29, 0.717) is 34.1 Å². The highest BCUT2D eigenvalue weighted by molar-refractivity contribution is 7.71. The van der Waals surface area contributed by atoms with E-state index in [1.165, 1.54) is 18.0 Å². The van der Waals surface area contributed by atoms with Gasteiger partial charge >= 0.3 is 6.18 Å². The van der Waals surface area contributed by atoms with Crippen LogP contribution in [-0.2, 0) is 19.4 Å². The third-order valence-electron chi connectivity index (χ3n) is 5.63. The van der Waals surface area contributed by atoms with Crippen molar-refractivity contribution < 1.29 is 17.9 Å². The van der Waals surface area contributed by atoms with Gasteiger partial charge in [0.05, 0.1) is 20.0 Å². The molecule has 3 aromatic rings. The van der Waals surface area contributed by atoms with Crippen molar-refractivity contribution in [3.05, 3.63) is 75.3 Å². The molecule has 12 heteroatoms. The average molecular weight is 525 g/mol. The standard InChI is InChI=1S/C23H24ClF3N6OS/c1-34-20-8-4-17(5-9-20)14-28-33-21(23(25,26)27)29-32(22(33)35)16-31-12-10-30(11-13-31)15-18-2-6-19(24)7-3-18/h2-9,14H,10-13,15-16H2,1H3/b28-14-. The number of benzene rings is 2. The van der Waals surface area contributed by atoms with Gasteiger partial charge in [0, 0.05) is 37.7 Å². The summed E-state index contributed by atoms with van der Waals surface area (Å²) in [5.74, 6) is -0.524. The van der Waals surface area contributed by atoms with Gasteiger partial charge in [-0.1, -0.05) is 23.7 Å². The Labute approximate surface area is 211 Å². The number of hydrogen-bond acceptors (Lipinski definition) is 6. The smallest absolute Gasteiger partial charge is 0.453 e. The minimum absolute atomic E-state index is 0.120. The van der Waals surface area contributed by atoms with Gasteiger partial charge in [-0.3, -0.25) is 9.80 Å². The molecule has 1 aliphatic heterocycles. The topological polar surface area (TPSA) is 50.8 Å². The number of methoxy groups -OCH3 is 1. The van der Waals surface area contributed by atoms with E-state index in [1.807, 2.05) is 29.2 Å². The minimum atomic E-state index is -4.70. The largest absolute Gasteiger partial charge is 0.497 e. The summed E-state index contributed by atoms with van der Waals surface area (Å²) in [6.07, 6.45) is -3.39. The number of rotatable bonds is 7. The number of alkyl halides is 3. The first-order valence-corrected chi connectivity index (χ1v) is 11.7. The summed E-state index contributed by atoms with van der Waals surface area (Å²) >= 11 is 11.3. The van der Waals surface area contributed by atoms with Crippen molar-refractivity contribution in [2.24, 2.45) is 5.10 Å². The molecule has 0 N–H and O–H groups in total. The maximum atomic E-state index is 13.7.